The van der Waals surface area contributed by atoms with Crippen molar-refractivity contribution in [2.45, 2.75) is 12.6 Å². The summed E-state index contributed by atoms with van der Waals surface area (Å²) in [6.07, 6.45) is -1.84. The molecule has 0 aliphatic carbocycles. The van der Waals surface area contributed by atoms with Crippen LogP contribution < -0.4 is 10.5 Å². The van der Waals surface area contributed by atoms with E-state index in [9.17, 15) is 18.0 Å². The Kier molecular flexibility index (Phi) is 5.53. The summed E-state index contributed by atoms with van der Waals surface area (Å²) in [6.45, 7) is 0.326. The monoisotopic (exact) mass is 293 g/mol. The first-order chi connectivity index (χ1) is 8.86. The van der Waals surface area contributed by atoms with Gasteiger partial charge in [-0.15, -0.1) is 0 Å². The molecule has 0 atom stereocenters. The second-order valence-corrected chi connectivity index (χ2v) is 4.75. The summed E-state index contributed by atoms with van der Waals surface area (Å²) in [5.41, 5.74) is 3.90. The zero-order chi connectivity index (χ0) is 14.5. The van der Waals surface area contributed by atoms with E-state index in [1.54, 1.807) is 11.8 Å². The molecule has 0 aliphatic rings. The van der Waals surface area contributed by atoms with Gasteiger partial charge in [0.25, 0.3) is 5.91 Å². The topological polar surface area (TPSA) is 52.3 Å². The maximum atomic E-state index is 12.5. The van der Waals surface area contributed by atoms with E-state index in [1.807, 2.05) is 6.26 Å². The van der Waals surface area contributed by atoms with Crippen molar-refractivity contribution in [1.29, 1.82) is 0 Å². The van der Waals surface area contributed by atoms with Gasteiger partial charge in [-0.2, -0.15) is 24.9 Å². The van der Waals surface area contributed by atoms with Crippen LogP contribution in [0.5, 0.6) is 5.75 Å². The molecule has 0 radical (unpaired) electrons. The van der Waals surface area contributed by atoms with E-state index in [2.05, 4.69) is 0 Å². The highest BCUT2D eigenvalue weighted by Gasteiger charge is 2.31. The zero-order valence-corrected chi connectivity index (χ0v) is 11.1. The van der Waals surface area contributed by atoms with Gasteiger partial charge in [-0.1, -0.05) is 0 Å². The van der Waals surface area contributed by atoms with E-state index in [0.29, 0.717) is 12.7 Å². The first-order valence-electron chi connectivity index (χ1n) is 5.49. The fraction of sp³-hybridized carbons (Fsp3) is 0.417. The molecule has 0 fully saturated rings. The number of ether oxygens (including phenoxy) is 1. The minimum atomic E-state index is -4.51. The zero-order valence-electron chi connectivity index (χ0n) is 10.3. The number of thioether (sulfide) groups is 1. The second-order valence-electron chi connectivity index (χ2n) is 3.77. The van der Waals surface area contributed by atoms with E-state index in [1.165, 1.54) is 0 Å². The lowest BCUT2D eigenvalue weighted by Gasteiger charge is -2.12. The molecule has 1 rings (SSSR count). The number of amides is 1. The summed E-state index contributed by atoms with van der Waals surface area (Å²) < 4.78 is 42.8. The number of hydrogen-bond acceptors (Lipinski definition) is 3. The number of halogens is 3. The molecule has 106 valence electrons. The molecule has 1 aromatic carbocycles. The van der Waals surface area contributed by atoms with Gasteiger partial charge in [0.1, 0.15) is 5.75 Å². The van der Waals surface area contributed by atoms with Crippen molar-refractivity contribution in [3.8, 4) is 5.75 Å². The molecule has 0 spiro atoms. The van der Waals surface area contributed by atoms with Gasteiger partial charge < -0.3 is 10.5 Å². The molecule has 0 aromatic heterocycles. The van der Waals surface area contributed by atoms with Crippen LogP contribution in [0.15, 0.2) is 18.2 Å². The molecule has 3 nitrogen and oxygen atoms in total. The fourth-order valence-corrected chi connectivity index (χ4v) is 1.82. The molecular formula is C12H14F3NO2S. The smallest absolute Gasteiger partial charge is 0.416 e. The Bertz CT molecular complexity index is 449. The van der Waals surface area contributed by atoms with Crippen LogP contribution in [0.2, 0.25) is 0 Å². The third-order valence-electron chi connectivity index (χ3n) is 2.32. The van der Waals surface area contributed by atoms with Crippen molar-refractivity contribution in [3.05, 3.63) is 29.3 Å². The van der Waals surface area contributed by atoms with Gasteiger partial charge in [0.05, 0.1) is 17.7 Å². The van der Waals surface area contributed by atoms with Crippen molar-refractivity contribution in [1.82, 2.24) is 0 Å². The highest BCUT2D eigenvalue weighted by atomic mass is 32.2. The molecule has 1 aromatic rings. The molecule has 0 bridgehead atoms. The third-order valence-corrected chi connectivity index (χ3v) is 3.02. The molecule has 1 amide bonds. The minimum Gasteiger partial charge on any atom is -0.493 e. The Balaban J connectivity index is 2.90. The first-order valence-corrected chi connectivity index (χ1v) is 6.88. The Labute approximate surface area is 113 Å². The van der Waals surface area contributed by atoms with Gasteiger partial charge in [-0.05, 0) is 36.6 Å². The fourth-order valence-electron chi connectivity index (χ4n) is 1.41. The minimum absolute atomic E-state index is 0.0848. The van der Waals surface area contributed by atoms with Crippen molar-refractivity contribution < 1.29 is 22.7 Å². The predicted molar refractivity (Wildman–Crippen MR) is 68.5 cm³/mol. The van der Waals surface area contributed by atoms with E-state index < -0.39 is 17.6 Å². The molecule has 0 heterocycles. The lowest BCUT2D eigenvalue weighted by molar-refractivity contribution is -0.137. The summed E-state index contributed by atoms with van der Waals surface area (Å²) in [5.74, 6) is 0.0135. The quantitative estimate of drug-likeness (QED) is 0.820. The van der Waals surface area contributed by atoms with Crippen molar-refractivity contribution >= 4 is 17.7 Å². The van der Waals surface area contributed by atoms with Crippen molar-refractivity contribution in [2.24, 2.45) is 5.73 Å². The van der Waals surface area contributed by atoms with Gasteiger partial charge in [0.2, 0.25) is 0 Å². The molecule has 0 aliphatic heterocycles. The summed E-state index contributed by atoms with van der Waals surface area (Å²) >= 11 is 1.63. The van der Waals surface area contributed by atoms with E-state index in [4.69, 9.17) is 10.5 Å². The maximum Gasteiger partial charge on any atom is 0.416 e. The average Bonchev–Trinajstić information content (AvgIpc) is 2.33. The molecular weight excluding hydrogens is 279 g/mol. The van der Waals surface area contributed by atoms with Crippen LogP contribution in [-0.2, 0) is 6.18 Å². The number of rotatable bonds is 6. The third kappa shape index (κ3) is 4.66. The summed E-state index contributed by atoms with van der Waals surface area (Å²) in [6, 6.07) is 2.71. The highest BCUT2D eigenvalue weighted by molar-refractivity contribution is 7.98. The highest BCUT2D eigenvalue weighted by Crippen LogP contribution is 2.32. The standard InChI is InChI=1S/C12H14F3NO2S/c1-19-6-2-5-18-10-4-3-8(12(13,14)15)7-9(10)11(16)17/h3-4,7H,2,5-6H2,1H3,(H2,16,17). The number of carbonyl (C=O) groups excluding carboxylic acids is 1. The SMILES string of the molecule is CSCCCOc1ccc(C(F)(F)F)cc1C(N)=O. The number of carbonyl (C=O) groups is 1. The predicted octanol–water partition coefficient (Wildman–Crippen LogP) is 2.94. The van der Waals surface area contributed by atoms with Crippen LogP contribution >= 0.6 is 11.8 Å². The van der Waals surface area contributed by atoms with Gasteiger partial charge in [0.15, 0.2) is 0 Å². The van der Waals surface area contributed by atoms with Gasteiger partial charge in [0, 0.05) is 0 Å². The molecule has 0 saturated heterocycles. The van der Waals surface area contributed by atoms with Gasteiger partial charge in [-0.3, -0.25) is 4.79 Å². The Morgan fingerprint density at radius 1 is 1.42 bits per heavy atom. The van der Waals surface area contributed by atoms with E-state index in [-0.39, 0.29) is 11.3 Å². The van der Waals surface area contributed by atoms with Crippen LogP contribution in [0.1, 0.15) is 22.3 Å². The molecule has 19 heavy (non-hydrogen) atoms. The van der Waals surface area contributed by atoms with Gasteiger partial charge >= 0.3 is 6.18 Å². The molecule has 2 N–H and O–H groups in total. The van der Waals surface area contributed by atoms with E-state index >= 15 is 0 Å². The number of primary amides is 1. The lowest BCUT2D eigenvalue weighted by Crippen LogP contribution is -2.16. The first kappa shape index (κ1) is 15.7. The van der Waals surface area contributed by atoms with Crippen LogP contribution in [0, 0.1) is 0 Å². The van der Waals surface area contributed by atoms with E-state index in [0.717, 1.165) is 24.3 Å². The van der Waals surface area contributed by atoms with Crippen molar-refractivity contribution in [2.75, 3.05) is 18.6 Å². The molecule has 7 heteroatoms. The van der Waals surface area contributed by atoms with Crippen LogP contribution in [0.3, 0.4) is 0 Å². The van der Waals surface area contributed by atoms with Crippen molar-refractivity contribution in [3.63, 3.8) is 0 Å². The average molecular weight is 293 g/mol. The summed E-state index contributed by atoms with van der Waals surface area (Å²) in [5, 5.41) is 0. The second kappa shape index (κ2) is 6.70. The number of benzene rings is 1. The van der Waals surface area contributed by atoms with Crippen LogP contribution in [0.25, 0.3) is 0 Å². The van der Waals surface area contributed by atoms with Crippen LogP contribution in [0.4, 0.5) is 13.2 Å². The Morgan fingerprint density at radius 3 is 2.63 bits per heavy atom. The van der Waals surface area contributed by atoms with Crippen LogP contribution in [-0.4, -0.2) is 24.5 Å². The normalized spacial score (nSPS) is 11.4. The number of nitrogens with two attached hydrogens (primary N) is 1. The Hall–Kier alpha value is -1.37. The largest absolute Gasteiger partial charge is 0.493 e. The molecule has 0 unspecified atom stereocenters. The number of hydrogen-bond donors (Lipinski definition) is 1. The molecule has 0 saturated carbocycles. The van der Waals surface area contributed by atoms with Gasteiger partial charge in [-0.25, -0.2) is 0 Å². The lowest BCUT2D eigenvalue weighted by atomic mass is 10.1. The number of alkyl halides is 3. The Morgan fingerprint density at radius 2 is 2.11 bits per heavy atom. The maximum absolute atomic E-state index is 12.5. The summed E-state index contributed by atoms with van der Waals surface area (Å²) in [4.78, 5) is 11.2. The summed E-state index contributed by atoms with van der Waals surface area (Å²) in [7, 11) is 0.